The summed E-state index contributed by atoms with van der Waals surface area (Å²) >= 11 is 1.39. The maximum Gasteiger partial charge on any atom is 0.271 e. The van der Waals surface area contributed by atoms with E-state index in [4.69, 9.17) is 0 Å². The predicted octanol–water partition coefficient (Wildman–Crippen LogP) is 1.59. The quantitative estimate of drug-likeness (QED) is 0.916. The van der Waals surface area contributed by atoms with Crippen molar-refractivity contribution in [1.82, 2.24) is 14.7 Å². The van der Waals surface area contributed by atoms with Gasteiger partial charge in [-0.3, -0.25) is 14.0 Å². The number of aryl methyl sites for hydroxylation is 1. The summed E-state index contributed by atoms with van der Waals surface area (Å²) in [6, 6.07) is 0.0427. The average Bonchev–Trinajstić information content (AvgIpc) is 2.72. The molecule has 96 valence electrons. The van der Waals surface area contributed by atoms with Crippen molar-refractivity contribution in [2.24, 2.45) is 0 Å². The fourth-order valence-electron chi connectivity index (χ4n) is 1.58. The summed E-state index contributed by atoms with van der Waals surface area (Å²) in [6.07, 6.45) is 2.17. The summed E-state index contributed by atoms with van der Waals surface area (Å²) in [5.74, 6) is -0.359. The second-order valence-electron chi connectivity index (χ2n) is 4.25. The molecule has 2 heterocycles. The van der Waals surface area contributed by atoms with Crippen molar-refractivity contribution in [3.05, 3.63) is 33.2 Å². The van der Waals surface area contributed by atoms with Crippen molar-refractivity contribution >= 4 is 22.2 Å². The zero-order valence-electron chi connectivity index (χ0n) is 10.6. The third kappa shape index (κ3) is 2.15. The average molecular weight is 265 g/mol. The van der Waals surface area contributed by atoms with Crippen molar-refractivity contribution in [2.75, 3.05) is 0 Å². The van der Waals surface area contributed by atoms with Crippen LogP contribution in [0.15, 0.2) is 16.4 Å². The Labute approximate surface area is 108 Å². The van der Waals surface area contributed by atoms with Gasteiger partial charge in [0.1, 0.15) is 5.56 Å². The van der Waals surface area contributed by atoms with Gasteiger partial charge in [-0.05, 0) is 20.3 Å². The van der Waals surface area contributed by atoms with Crippen molar-refractivity contribution in [3.63, 3.8) is 0 Å². The smallest absolute Gasteiger partial charge is 0.271 e. The first-order valence-corrected chi connectivity index (χ1v) is 6.69. The lowest BCUT2D eigenvalue weighted by Gasteiger charge is -2.10. The molecule has 0 saturated heterocycles. The maximum absolute atomic E-state index is 12.2. The molecule has 2 aromatic heterocycles. The molecule has 0 aromatic carbocycles. The van der Waals surface area contributed by atoms with Crippen LogP contribution in [0, 0.1) is 6.92 Å². The van der Waals surface area contributed by atoms with E-state index in [1.54, 1.807) is 0 Å². The van der Waals surface area contributed by atoms with Gasteiger partial charge in [0.15, 0.2) is 4.96 Å². The number of thiazole rings is 1. The first-order valence-electron chi connectivity index (χ1n) is 5.81. The molecule has 0 aliphatic rings. The highest BCUT2D eigenvalue weighted by Gasteiger charge is 2.16. The van der Waals surface area contributed by atoms with Gasteiger partial charge in [-0.2, -0.15) is 0 Å². The number of aromatic nitrogens is 2. The van der Waals surface area contributed by atoms with E-state index in [2.05, 4.69) is 10.3 Å². The zero-order chi connectivity index (χ0) is 13.3. The third-order valence-electron chi connectivity index (χ3n) is 2.85. The molecule has 0 aliphatic carbocycles. The highest BCUT2D eigenvalue weighted by Crippen LogP contribution is 2.10. The van der Waals surface area contributed by atoms with E-state index in [0.29, 0.717) is 4.96 Å². The molecule has 2 aromatic rings. The van der Waals surface area contributed by atoms with Crippen LogP contribution in [0.25, 0.3) is 4.96 Å². The first kappa shape index (κ1) is 12.8. The monoisotopic (exact) mass is 265 g/mol. The summed E-state index contributed by atoms with van der Waals surface area (Å²) in [6.45, 7) is 5.70. The number of rotatable bonds is 3. The van der Waals surface area contributed by atoms with Gasteiger partial charge in [-0.25, -0.2) is 4.98 Å². The van der Waals surface area contributed by atoms with Crippen LogP contribution >= 0.6 is 11.3 Å². The second-order valence-corrected chi connectivity index (χ2v) is 5.09. The molecular formula is C12H15N3O2S. The van der Waals surface area contributed by atoms with Crippen molar-refractivity contribution in [2.45, 2.75) is 33.2 Å². The molecule has 0 fully saturated rings. The number of hydrogen-bond donors (Lipinski definition) is 1. The van der Waals surface area contributed by atoms with Gasteiger partial charge >= 0.3 is 0 Å². The third-order valence-corrected chi connectivity index (χ3v) is 3.81. The van der Waals surface area contributed by atoms with Crippen LogP contribution < -0.4 is 10.9 Å². The fraction of sp³-hybridized carbons (Fsp3) is 0.417. The Hall–Kier alpha value is -1.69. The van der Waals surface area contributed by atoms with Crippen molar-refractivity contribution in [3.8, 4) is 0 Å². The van der Waals surface area contributed by atoms with E-state index in [1.165, 1.54) is 21.9 Å². The molecule has 0 spiro atoms. The fourth-order valence-corrected chi connectivity index (χ4v) is 2.41. The van der Waals surface area contributed by atoms with Crippen LogP contribution in [0.2, 0.25) is 0 Å². The number of carbonyl (C=O) groups excluding carboxylic acids is 1. The summed E-state index contributed by atoms with van der Waals surface area (Å²) in [5.41, 5.74) is 0.583. The number of nitrogens with one attached hydrogen (secondary N) is 1. The van der Waals surface area contributed by atoms with Gasteiger partial charge < -0.3 is 5.32 Å². The molecule has 0 bridgehead atoms. The standard InChI is InChI=1S/C12H15N3O2S/c1-4-7(2)14-10(16)9-5-13-12-15(11(9)17)8(3)6-18-12/h5-7H,4H2,1-3H3,(H,14,16). The number of nitrogens with zero attached hydrogens (tertiary/aromatic N) is 2. The molecule has 2 rings (SSSR count). The predicted molar refractivity (Wildman–Crippen MR) is 71.3 cm³/mol. The molecule has 1 unspecified atom stereocenters. The highest BCUT2D eigenvalue weighted by molar-refractivity contribution is 7.15. The Kier molecular flexibility index (Phi) is 3.47. The topological polar surface area (TPSA) is 63.5 Å². The molecular weight excluding hydrogens is 250 g/mol. The van der Waals surface area contributed by atoms with Crippen molar-refractivity contribution in [1.29, 1.82) is 0 Å². The van der Waals surface area contributed by atoms with Gasteiger partial charge in [-0.15, -0.1) is 11.3 Å². The molecule has 5 nitrogen and oxygen atoms in total. The van der Waals surface area contributed by atoms with Gasteiger partial charge in [0, 0.05) is 23.3 Å². The second kappa shape index (κ2) is 4.89. The van der Waals surface area contributed by atoms with Crippen LogP contribution in [0.5, 0.6) is 0 Å². The minimum atomic E-state index is -0.359. The van der Waals surface area contributed by atoms with E-state index in [1.807, 2.05) is 26.2 Å². The van der Waals surface area contributed by atoms with Crippen molar-refractivity contribution < 1.29 is 4.79 Å². The molecule has 0 aliphatic heterocycles. The maximum atomic E-state index is 12.2. The van der Waals surface area contributed by atoms with E-state index < -0.39 is 0 Å². The summed E-state index contributed by atoms with van der Waals surface area (Å²) in [7, 11) is 0. The van der Waals surface area contributed by atoms with Crippen LogP contribution in [-0.4, -0.2) is 21.3 Å². The van der Waals surface area contributed by atoms with Crippen LogP contribution in [0.3, 0.4) is 0 Å². The first-order chi connectivity index (χ1) is 8.54. The SMILES string of the molecule is CCC(C)NC(=O)c1cnc2scc(C)n2c1=O. The van der Waals surface area contributed by atoms with Gasteiger partial charge in [0.25, 0.3) is 11.5 Å². The number of amides is 1. The molecule has 18 heavy (non-hydrogen) atoms. The van der Waals surface area contributed by atoms with Crippen LogP contribution in [-0.2, 0) is 0 Å². The Morgan fingerprint density at radius 2 is 2.33 bits per heavy atom. The Bertz CT molecular complexity index is 644. The lowest BCUT2D eigenvalue weighted by Crippen LogP contribution is -2.36. The molecule has 0 saturated carbocycles. The van der Waals surface area contributed by atoms with Crippen LogP contribution in [0.4, 0.5) is 0 Å². The summed E-state index contributed by atoms with van der Waals surface area (Å²) in [4.78, 5) is 28.9. The van der Waals surface area contributed by atoms with Gasteiger partial charge in [0.2, 0.25) is 0 Å². The number of hydrogen-bond acceptors (Lipinski definition) is 4. The zero-order valence-corrected chi connectivity index (χ0v) is 11.4. The normalized spacial score (nSPS) is 12.6. The van der Waals surface area contributed by atoms with E-state index >= 15 is 0 Å². The minimum Gasteiger partial charge on any atom is -0.349 e. The van der Waals surface area contributed by atoms with E-state index in [-0.39, 0.29) is 23.1 Å². The molecule has 6 heteroatoms. The molecule has 1 amide bonds. The van der Waals surface area contributed by atoms with Gasteiger partial charge in [-0.1, -0.05) is 6.92 Å². The minimum absolute atomic E-state index is 0.0427. The number of carbonyl (C=O) groups is 1. The van der Waals surface area contributed by atoms with Gasteiger partial charge in [0.05, 0.1) is 0 Å². The summed E-state index contributed by atoms with van der Waals surface area (Å²) in [5, 5.41) is 4.62. The lowest BCUT2D eigenvalue weighted by molar-refractivity contribution is 0.0937. The Morgan fingerprint density at radius 1 is 1.61 bits per heavy atom. The highest BCUT2D eigenvalue weighted by atomic mass is 32.1. The molecule has 0 radical (unpaired) electrons. The van der Waals surface area contributed by atoms with E-state index in [9.17, 15) is 9.59 Å². The summed E-state index contributed by atoms with van der Waals surface area (Å²) < 4.78 is 1.47. The molecule has 1 N–H and O–H groups in total. The Morgan fingerprint density at radius 3 is 3.00 bits per heavy atom. The Balaban J connectivity index is 2.46. The lowest BCUT2D eigenvalue weighted by atomic mass is 10.2. The van der Waals surface area contributed by atoms with Crippen LogP contribution in [0.1, 0.15) is 36.3 Å². The largest absolute Gasteiger partial charge is 0.349 e. The van der Waals surface area contributed by atoms with E-state index in [0.717, 1.165) is 12.1 Å². The number of fused-ring (bicyclic) bond motifs is 1. The molecule has 1 atom stereocenters.